The van der Waals surface area contributed by atoms with Crippen molar-refractivity contribution < 1.29 is 24.2 Å². The Hall–Kier alpha value is -5.10. The summed E-state index contributed by atoms with van der Waals surface area (Å²) in [6, 6.07) is 29.4. The van der Waals surface area contributed by atoms with Crippen LogP contribution in [-0.4, -0.2) is 35.8 Å². The minimum absolute atomic E-state index is 0.244. The molecule has 0 radical (unpaired) electrons. The molecular formula is C37H33NO5. The van der Waals surface area contributed by atoms with Crippen molar-refractivity contribution in [1.29, 1.82) is 0 Å². The highest BCUT2D eigenvalue weighted by Crippen LogP contribution is 2.42. The fraction of sp³-hybridized carbons (Fsp3) is 0.189. The van der Waals surface area contributed by atoms with Crippen LogP contribution in [-0.2, 0) is 30.5 Å². The van der Waals surface area contributed by atoms with Crippen molar-refractivity contribution in [2.45, 2.75) is 32.2 Å². The van der Waals surface area contributed by atoms with Gasteiger partial charge in [-0.15, -0.1) is 0 Å². The molecular weight excluding hydrogens is 538 g/mol. The molecule has 0 fully saturated rings. The molecule has 6 nitrogen and oxygen atoms in total. The lowest BCUT2D eigenvalue weighted by Gasteiger charge is -2.22. The van der Waals surface area contributed by atoms with E-state index in [9.17, 15) is 14.7 Å². The number of carbonyl (C=O) groups is 2. The lowest BCUT2D eigenvalue weighted by atomic mass is 9.84. The number of aromatic nitrogens is 1. The van der Waals surface area contributed by atoms with Crippen molar-refractivity contribution >= 4 is 28.4 Å². The van der Waals surface area contributed by atoms with Crippen molar-refractivity contribution in [3.8, 4) is 5.75 Å². The Morgan fingerprint density at radius 2 is 1.60 bits per heavy atom. The first kappa shape index (κ1) is 28.0. The second kappa shape index (κ2) is 12.0. The summed E-state index contributed by atoms with van der Waals surface area (Å²) >= 11 is 0. The number of benzene rings is 4. The van der Waals surface area contributed by atoms with Gasteiger partial charge in [-0.1, -0.05) is 66.7 Å². The number of nitrogens with zero attached hydrogens (tertiary/aromatic N) is 1. The van der Waals surface area contributed by atoms with Gasteiger partial charge in [0.25, 0.3) is 0 Å². The molecule has 0 aliphatic heterocycles. The van der Waals surface area contributed by atoms with E-state index >= 15 is 0 Å². The van der Waals surface area contributed by atoms with Crippen molar-refractivity contribution in [3.63, 3.8) is 0 Å². The molecule has 0 spiro atoms. The third-order valence-electron chi connectivity index (χ3n) is 8.28. The Labute approximate surface area is 250 Å². The number of carbonyl (C=O) groups excluding carboxylic acids is 1. The number of carboxylic acids is 1. The molecule has 6 rings (SSSR count). The second-order valence-electron chi connectivity index (χ2n) is 10.8. The summed E-state index contributed by atoms with van der Waals surface area (Å²) in [5, 5.41) is 10.9. The maximum absolute atomic E-state index is 12.1. The number of ether oxygens (including phenoxy) is 2. The molecule has 1 aromatic heterocycles. The SMILES string of the molecule is COC(=O)c1ccc(Cn2c(CCc3ccccc3)c(C3=CCCc4c(OC)cccc43)c3ccc(C(=O)O)cc32)cc1. The van der Waals surface area contributed by atoms with Gasteiger partial charge in [0.15, 0.2) is 0 Å². The Balaban J connectivity index is 1.57. The molecule has 0 bridgehead atoms. The van der Waals surface area contributed by atoms with Gasteiger partial charge in [-0.05, 0) is 78.3 Å². The van der Waals surface area contributed by atoms with Crippen LogP contribution in [0.4, 0.5) is 0 Å². The molecule has 43 heavy (non-hydrogen) atoms. The number of aryl methyl sites for hydroxylation is 1. The van der Waals surface area contributed by atoms with Crippen LogP contribution in [0.5, 0.6) is 5.75 Å². The summed E-state index contributed by atoms with van der Waals surface area (Å²) in [6.07, 6.45) is 5.68. The Morgan fingerprint density at radius 1 is 0.837 bits per heavy atom. The van der Waals surface area contributed by atoms with E-state index in [1.807, 2.05) is 36.4 Å². The van der Waals surface area contributed by atoms with E-state index in [1.54, 1.807) is 31.4 Å². The van der Waals surface area contributed by atoms with Crippen LogP contribution in [0.3, 0.4) is 0 Å². The molecule has 0 amide bonds. The van der Waals surface area contributed by atoms with Gasteiger partial charge in [0.1, 0.15) is 5.75 Å². The number of allylic oxidation sites excluding steroid dienone is 1. The van der Waals surface area contributed by atoms with E-state index in [1.165, 1.54) is 18.2 Å². The third kappa shape index (κ3) is 5.44. The number of rotatable bonds is 9. The molecule has 0 atom stereocenters. The average Bonchev–Trinajstić information content (AvgIpc) is 3.35. The number of carboxylic acid groups (broad SMARTS) is 1. The summed E-state index contributed by atoms with van der Waals surface area (Å²) in [5.41, 5.74) is 9.59. The van der Waals surface area contributed by atoms with E-state index in [-0.39, 0.29) is 11.5 Å². The lowest BCUT2D eigenvalue weighted by molar-refractivity contribution is 0.0599. The smallest absolute Gasteiger partial charge is 0.337 e. The van der Waals surface area contributed by atoms with Gasteiger partial charge in [-0.25, -0.2) is 9.59 Å². The van der Waals surface area contributed by atoms with Crippen molar-refractivity contribution in [3.05, 3.63) is 142 Å². The predicted molar refractivity (Wildman–Crippen MR) is 168 cm³/mol. The van der Waals surface area contributed by atoms with E-state index in [2.05, 4.69) is 41.0 Å². The molecule has 0 saturated heterocycles. The molecule has 1 aliphatic carbocycles. The molecule has 0 saturated carbocycles. The maximum Gasteiger partial charge on any atom is 0.337 e. The molecule has 0 unspecified atom stereocenters. The lowest BCUT2D eigenvalue weighted by Crippen LogP contribution is -2.10. The van der Waals surface area contributed by atoms with Gasteiger partial charge >= 0.3 is 11.9 Å². The van der Waals surface area contributed by atoms with Gasteiger partial charge < -0.3 is 19.1 Å². The van der Waals surface area contributed by atoms with Crippen molar-refractivity contribution in [2.75, 3.05) is 14.2 Å². The molecule has 1 heterocycles. The fourth-order valence-corrected chi connectivity index (χ4v) is 6.21. The zero-order valence-corrected chi connectivity index (χ0v) is 24.3. The van der Waals surface area contributed by atoms with Gasteiger partial charge in [-0.3, -0.25) is 0 Å². The van der Waals surface area contributed by atoms with E-state index in [4.69, 9.17) is 9.47 Å². The van der Waals surface area contributed by atoms with E-state index in [0.29, 0.717) is 12.1 Å². The van der Waals surface area contributed by atoms with E-state index in [0.717, 1.165) is 70.3 Å². The topological polar surface area (TPSA) is 77.8 Å². The van der Waals surface area contributed by atoms with Crippen LogP contribution >= 0.6 is 0 Å². The highest BCUT2D eigenvalue weighted by molar-refractivity contribution is 6.02. The molecule has 4 aromatic carbocycles. The minimum atomic E-state index is -0.962. The van der Waals surface area contributed by atoms with Crippen LogP contribution in [0, 0.1) is 0 Å². The number of esters is 1. The maximum atomic E-state index is 12.1. The van der Waals surface area contributed by atoms with Crippen LogP contribution in [0.25, 0.3) is 16.5 Å². The summed E-state index contributed by atoms with van der Waals surface area (Å²) in [7, 11) is 3.08. The molecule has 5 aromatic rings. The van der Waals surface area contributed by atoms with Crippen LogP contribution < -0.4 is 4.74 Å². The zero-order chi connectivity index (χ0) is 29.9. The van der Waals surface area contributed by atoms with Gasteiger partial charge in [-0.2, -0.15) is 0 Å². The molecule has 216 valence electrons. The molecule has 1 N–H and O–H groups in total. The normalized spacial score (nSPS) is 12.5. The second-order valence-corrected chi connectivity index (χ2v) is 10.8. The third-order valence-corrected chi connectivity index (χ3v) is 8.28. The number of aromatic carboxylic acids is 1. The number of hydrogen-bond acceptors (Lipinski definition) is 4. The van der Waals surface area contributed by atoms with Gasteiger partial charge in [0, 0.05) is 28.8 Å². The van der Waals surface area contributed by atoms with Gasteiger partial charge in [0.2, 0.25) is 0 Å². The van der Waals surface area contributed by atoms with Gasteiger partial charge in [0.05, 0.1) is 30.9 Å². The monoisotopic (exact) mass is 571 g/mol. The van der Waals surface area contributed by atoms with Crippen molar-refractivity contribution in [1.82, 2.24) is 4.57 Å². The quantitative estimate of drug-likeness (QED) is 0.187. The first-order chi connectivity index (χ1) is 21.0. The first-order valence-corrected chi connectivity index (χ1v) is 14.4. The average molecular weight is 572 g/mol. The standard InChI is InChI=1S/C37H33NO5/c1-42-34-13-7-10-28-29(34)11-6-12-30(28)35-31-20-19-27(36(39)40)22-33(31)38(32(35)21-16-24-8-4-3-5-9-24)23-25-14-17-26(18-15-25)37(41)43-2/h3-5,7-10,12-15,17-20,22H,6,11,16,21,23H2,1-2H3,(H,39,40). The Kier molecular flexibility index (Phi) is 7.84. The Morgan fingerprint density at radius 3 is 2.33 bits per heavy atom. The summed E-state index contributed by atoms with van der Waals surface area (Å²) in [4.78, 5) is 24.2. The van der Waals surface area contributed by atoms with Crippen LogP contribution in [0.1, 0.15) is 60.6 Å². The number of fused-ring (bicyclic) bond motifs is 2. The zero-order valence-electron chi connectivity index (χ0n) is 24.3. The summed E-state index contributed by atoms with van der Waals surface area (Å²) in [5.74, 6) is -0.457. The highest BCUT2D eigenvalue weighted by Gasteiger charge is 2.26. The van der Waals surface area contributed by atoms with Crippen LogP contribution in [0.15, 0.2) is 97.1 Å². The summed E-state index contributed by atoms with van der Waals surface area (Å²) in [6.45, 7) is 0.517. The largest absolute Gasteiger partial charge is 0.496 e. The minimum Gasteiger partial charge on any atom is -0.496 e. The molecule has 6 heteroatoms. The highest BCUT2D eigenvalue weighted by atomic mass is 16.5. The first-order valence-electron chi connectivity index (χ1n) is 14.4. The van der Waals surface area contributed by atoms with Crippen molar-refractivity contribution in [2.24, 2.45) is 0 Å². The molecule has 1 aliphatic rings. The van der Waals surface area contributed by atoms with Crippen LogP contribution in [0.2, 0.25) is 0 Å². The predicted octanol–water partition coefficient (Wildman–Crippen LogP) is 7.35. The van der Waals surface area contributed by atoms with E-state index < -0.39 is 5.97 Å². The fourth-order valence-electron chi connectivity index (χ4n) is 6.21. The summed E-state index contributed by atoms with van der Waals surface area (Å²) < 4.78 is 12.9. The number of hydrogen-bond donors (Lipinski definition) is 1. The number of methoxy groups -OCH3 is 2. The Bertz CT molecular complexity index is 1850.